The van der Waals surface area contributed by atoms with E-state index in [2.05, 4.69) is 39.1 Å². The maximum absolute atomic E-state index is 13.7. The SMILES string of the molecule is CCN1C(=O)N(CC2CCOCC2)CC12CC1CCC(C2)N1CCC(NC(=O)C1CCC(F)(F)CC1)c1ccccc1. The molecule has 9 heteroatoms. The first-order chi connectivity index (χ1) is 20.3. The summed E-state index contributed by atoms with van der Waals surface area (Å²) in [5, 5.41) is 3.26. The van der Waals surface area contributed by atoms with Gasteiger partial charge in [-0.3, -0.25) is 9.69 Å². The molecule has 1 aliphatic carbocycles. The van der Waals surface area contributed by atoms with Gasteiger partial charge < -0.3 is 19.9 Å². The molecule has 5 fully saturated rings. The van der Waals surface area contributed by atoms with Crippen molar-refractivity contribution in [1.29, 1.82) is 0 Å². The Hall–Kier alpha value is -2.26. The number of rotatable bonds is 9. The van der Waals surface area contributed by atoms with Crippen LogP contribution in [0.4, 0.5) is 13.6 Å². The molecule has 2 bridgehead atoms. The molecule has 1 N–H and O–H groups in total. The Labute approximate surface area is 249 Å². The number of hydrogen-bond acceptors (Lipinski definition) is 4. The number of hydrogen-bond donors (Lipinski definition) is 1. The van der Waals surface area contributed by atoms with Gasteiger partial charge in [-0.1, -0.05) is 30.3 Å². The van der Waals surface area contributed by atoms with Crippen molar-refractivity contribution in [1.82, 2.24) is 20.0 Å². The van der Waals surface area contributed by atoms with E-state index < -0.39 is 5.92 Å². The van der Waals surface area contributed by atoms with Gasteiger partial charge in [0.2, 0.25) is 11.8 Å². The number of carbonyl (C=O) groups excluding carboxylic acids is 2. The minimum absolute atomic E-state index is 0.0879. The summed E-state index contributed by atoms with van der Waals surface area (Å²) in [6.45, 7) is 7.02. The van der Waals surface area contributed by atoms with Gasteiger partial charge in [0.25, 0.3) is 0 Å². The normalized spacial score (nSPS) is 31.2. The molecular weight excluding hydrogens is 538 g/mol. The van der Waals surface area contributed by atoms with Crippen molar-refractivity contribution in [3.05, 3.63) is 35.9 Å². The number of nitrogens with zero attached hydrogens (tertiary/aromatic N) is 3. The number of benzene rings is 1. The van der Waals surface area contributed by atoms with Crippen LogP contribution in [0.2, 0.25) is 0 Å². The third-order valence-corrected chi connectivity index (χ3v) is 11.0. The highest BCUT2D eigenvalue weighted by Crippen LogP contribution is 2.47. The fourth-order valence-electron chi connectivity index (χ4n) is 8.74. The van der Waals surface area contributed by atoms with Crippen LogP contribution in [0.3, 0.4) is 0 Å². The van der Waals surface area contributed by atoms with Crippen molar-refractivity contribution in [3.63, 3.8) is 0 Å². The minimum atomic E-state index is -2.64. The molecule has 5 aliphatic rings. The third kappa shape index (κ3) is 6.19. The summed E-state index contributed by atoms with van der Waals surface area (Å²) in [6.07, 6.45) is 7.25. The lowest BCUT2D eigenvalue weighted by Gasteiger charge is -2.48. The Kier molecular flexibility index (Phi) is 8.79. The maximum Gasteiger partial charge on any atom is 0.320 e. The van der Waals surface area contributed by atoms with Crippen molar-refractivity contribution in [2.45, 2.75) is 107 Å². The lowest BCUT2D eigenvalue weighted by Crippen LogP contribution is -2.58. The summed E-state index contributed by atoms with van der Waals surface area (Å²) < 4.78 is 33.0. The maximum atomic E-state index is 13.7. The van der Waals surface area contributed by atoms with Crippen LogP contribution >= 0.6 is 0 Å². The average Bonchev–Trinajstić information content (AvgIpc) is 3.38. The van der Waals surface area contributed by atoms with Crippen LogP contribution in [0.5, 0.6) is 0 Å². The summed E-state index contributed by atoms with van der Waals surface area (Å²) in [5.41, 5.74) is 0.977. The van der Waals surface area contributed by atoms with Crippen LogP contribution in [0.1, 0.15) is 89.2 Å². The van der Waals surface area contributed by atoms with E-state index in [9.17, 15) is 18.4 Å². The van der Waals surface area contributed by atoms with Crippen LogP contribution in [0, 0.1) is 11.8 Å². The van der Waals surface area contributed by atoms with Crippen molar-refractivity contribution in [2.24, 2.45) is 11.8 Å². The lowest BCUT2D eigenvalue weighted by molar-refractivity contribution is -0.130. The molecule has 1 aromatic carbocycles. The Morgan fingerprint density at radius 2 is 1.69 bits per heavy atom. The molecule has 1 saturated carbocycles. The molecule has 4 saturated heterocycles. The van der Waals surface area contributed by atoms with Gasteiger partial charge in [0, 0.05) is 70.2 Å². The molecule has 4 aliphatic heterocycles. The number of alkyl halides is 2. The molecule has 6 rings (SSSR count). The number of fused-ring (bicyclic) bond motifs is 2. The first-order valence-corrected chi connectivity index (χ1v) is 16.4. The Bertz CT molecular complexity index is 1070. The van der Waals surface area contributed by atoms with E-state index in [1.807, 2.05) is 18.2 Å². The van der Waals surface area contributed by atoms with Crippen LogP contribution in [-0.4, -0.2) is 89.6 Å². The molecule has 3 unspecified atom stereocenters. The molecule has 3 amide bonds. The van der Waals surface area contributed by atoms with E-state index in [0.29, 0.717) is 18.0 Å². The minimum Gasteiger partial charge on any atom is -0.381 e. The smallest absolute Gasteiger partial charge is 0.320 e. The second-order valence-corrected chi connectivity index (χ2v) is 13.6. The van der Waals surface area contributed by atoms with Crippen molar-refractivity contribution >= 4 is 11.9 Å². The molecule has 232 valence electrons. The number of urea groups is 1. The van der Waals surface area contributed by atoms with Gasteiger partial charge in [0.05, 0.1) is 11.6 Å². The van der Waals surface area contributed by atoms with Crippen LogP contribution < -0.4 is 5.32 Å². The van der Waals surface area contributed by atoms with E-state index in [1.54, 1.807) is 0 Å². The van der Waals surface area contributed by atoms with Gasteiger partial charge in [0.15, 0.2) is 0 Å². The molecule has 0 aromatic heterocycles. The Balaban J connectivity index is 1.10. The highest BCUT2D eigenvalue weighted by molar-refractivity contribution is 5.79. The summed E-state index contributed by atoms with van der Waals surface area (Å²) >= 11 is 0. The van der Waals surface area contributed by atoms with Crippen molar-refractivity contribution in [3.8, 4) is 0 Å². The van der Waals surface area contributed by atoms with Crippen molar-refractivity contribution < 1.29 is 23.1 Å². The van der Waals surface area contributed by atoms with Gasteiger partial charge in [-0.05, 0) is 76.2 Å². The van der Waals surface area contributed by atoms with Crippen LogP contribution in [0.15, 0.2) is 30.3 Å². The fraction of sp³-hybridized carbons (Fsp3) is 0.758. The summed E-state index contributed by atoms with van der Waals surface area (Å²) in [4.78, 5) is 33.7. The van der Waals surface area contributed by atoms with Gasteiger partial charge >= 0.3 is 6.03 Å². The molecule has 1 aromatic rings. The van der Waals surface area contributed by atoms with Gasteiger partial charge in [0.1, 0.15) is 0 Å². The second-order valence-electron chi connectivity index (χ2n) is 13.6. The van der Waals surface area contributed by atoms with E-state index in [0.717, 1.165) is 89.9 Å². The highest BCUT2D eigenvalue weighted by Gasteiger charge is 2.56. The number of piperidine rings is 1. The summed E-state index contributed by atoms with van der Waals surface area (Å²) in [6, 6.07) is 11.0. The monoisotopic (exact) mass is 586 g/mol. The molecule has 42 heavy (non-hydrogen) atoms. The van der Waals surface area contributed by atoms with Crippen LogP contribution in [-0.2, 0) is 9.53 Å². The first-order valence-electron chi connectivity index (χ1n) is 16.4. The first kappa shape index (κ1) is 29.8. The van der Waals surface area contributed by atoms with Crippen LogP contribution in [0.25, 0.3) is 0 Å². The standard InChI is InChI=1S/C33H48F2N4O3/c1-2-39-31(41)37(22-24-13-18-42-19-14-24)23-32(39)20-27-8-9-28(21-32)38(27)17-12-29(25-6-4-3-5-7-25)36-30(40)26-10-15-33(34,35)16-11-26/h3-7,24,26-29H,2,8-23H2,1H3,(H,36,40). The zero-order chi connectivity index (χ0) is 29.3. The number of halogens is 2. The quantitative estimate of drug-likeness (QED) is 0.409. The molecule has 4 heterocycles. The van der Waals surface area contributed by atoms with Gasteiger partial charge in [-0.15, -0.1) is 0 Å². The predicted molar refractivity (Wildman–Crippen MR) is 157 cm³/mol. The fourth-order valence-corrected chi connectivity index (χ4v) is 8.74. The van der Waals surface area contributed by atoms with Crippen molar-refractivity contribution in [2.75, 3.05) is 39.4 Å². The average molecular weight is 587 g/mol. The molecule has 7 nitrogen and oxygen atoms in total. The molecule has 1 spiro atoms. The Morgan fingerprint density at radius 1 is 1.02 bits per heavy atom. The predicted octanol–water partition coefficient (Wildman–Crippen LogP) is 5.61. The van der Waals surface area contributed by atoms with E-state index >= 15 is 0 Å². The number of ether oxygens (including phenoxy) is 1. The Morgan fingerprint density at radius 3 is 2.33 bits per heavy atom. The zero-order valence-corrected chi connectivity index (χ0v) is 25.1. The lowest BCUT2D eigenvalue weighted by atomic mass is 9.81. The topological polar surface area (TPSA) is 65.1 Å². The van der Waals surface area contributed by atoms with E-state index in [4.69, 9.17) is 4.74 Å². The number of nitrogens with one attached hydrogen (secondary N) is 1. The second kappa shape index (κ2) is 12.4. The van der Waals surface area contributed by atoms with E-state index in [-0.39, 0.29) is 55.1 Å². The van der Waals surface area contributed by atoms with Gasteiger partial charge in [-0.2, -0.15) is 0 Å². The molecular formula is C33H48F2N4O3. The highest BCUT2D eigenvalue weighted by atomic mass is 19.3. The van der Waals surface area contributed by atoms with E-state index in [1.165, 1.54) is 0 Å². The third-order valence-electron chi connectivity index (χ3n) is 11.0. The van der Waals surface area contributed by atoms with Gasteiger partial charge in [-0.25, -0.2) is 13.6 Å². The summed E-state index contributed by atoms with van der Waals surface area (Å²) in [7, 11) is 0. The summed E-state index contributed by atoms with van der Waals surface area (Å²) in [5.74, 6) is -2.54. The zero-order valence-electron chi connectivity index (χ0n) is 25.1. The number of likely N-dealkylation sites (N-methyl/N-ethyl adjacent to an activating group) is 1. The molecule has 3 atom stereocenters. The number of amides is 3. The number of carbonyl (C=O) groups is 2. The molecule has 0 radical (unpaired) electrons. The largest absolute Gasteiger partial charge is 0.381 e.